The maximum Gasteiger partial charge on any atom is 0.253 e. The number of aryl methyl sites for hydroxylation is 2. The Morgan fingerprint density at radius 3 is 2.76 bits per heavy atom. The highest BCUT2D eigenvalue weighted by atomic mass is 32.2. The fourth-order valence-electron chi connectivity index (χ4n) is 3.49. The molecule has 3 aromatic heterocycles. The van der Waals surface area contributed by atoms with Gasteiger partial charge < -0.3 is 14.2 Å². The molecule has 1 N–H and O–H groups in total. The van der Waals surface area contributed by atoms with E-state index >= 15 is 0 Å². The van der Waals surface area contributed by atoms with E-state index < -0.39 is 0 Å². The van der Waals surface area contributed by atoms with E-state index in [4.69, 9.17) is 8.83 Å². The van der Waals surface area contributed by atoms with Crippen LogP contribution in [0.3, 0.4) is 0 Å². The Hall–Kier alpha value is -3.37. The summed E-state index contributed by atoms with van der Waals surface area (Å²) < 4.78 is 11.8. The van der Waals surface area contributed by atoms with E-state index in [2.05, 4.69) is 46.6 Å². The number of anilines is 2. The summed E-state index contributed by atoms with van der Waals surface area (Å²) in [5, 5.41) is 18.4. The van der Waals surface area contributed by atoms with Crippen LogP contribution in [0.5, 0.6) is 0 Å². The summed E-state index contributed by atoms with van der Waals surface area (Å²) in [6.45, 7) is 4.15. The van der Waals surface area contributed by atoms with E-state index in [1.165, 1.54) is 39.2 Å². The molecule has 0 radical (unpaired) electrons. The van der Waals surface area contributed by atoms with Crippen LogP contribution in [0.25, 0.3) is 0 Å². The van der Waals surface area contributed by atoms with Crippen LogP contribution in [-0.4, -0.2) is 32.6 Å². The van der Waals surface area contributed by atoms with Gasteiger partial charge in [0, 0.05) is 12.1 Å². The monoisotopic (exact) mass is 479 g/mol. The van der Waals surface area contributed by atoms with Crippen molar-refractivity contribution in [3.05, 3.63) is 77.6 Å². The number of hydrazone groups is 1. The molecule has 0 aliphatic carbocycles. The number of nitrogens with one attached hydrogen (secondary N) is 1. The number of carbonyl (C=O) groups is 1. The Morgan fingerprint density at radius 1 is 1.15 bits per heavy atom. The zero-order chi connectivity index (χ0) is 22.8. The second kappa shape index (κ2) is 9.24. The van der Waals surface area contributed by atoms with Crippen molar-refractivity contribution in [2.45, 2.75) is 30.6 Å². The van der Waals surface area contributed by atoms with Gasteiger partial charge in [0.15, 0.2) is 4.34 Å². The van der Waals surface area contributed by atoms with E-state index in [1.807, 2.05) is 24.3 Å². The van der Waals surface area contributed by atoms with Gasteiger partial charge in [-0.15, -0.1) is 10.2 Å². The average Bonchev–Trinajstić information content (AvgIpc) is 3.61. The molecule has 5 rings (SSSR count). The minimum Gasteiger partial charge on any atom is -0.467 e. The van der Waals surface area contributed by atoms with Gasteiger partial charge in [-0.3, -0.25) is 4.79 Å². The SMILES string of the molecule is Cc1ccc(Nc2nnc(SCC(=O)N3N=C(c4ccco4)CC3c3ccco3)s2)cc1C. The summed E-state index contributed by atoms with van der Waals surface area (Å²) in [7, 11) is 0. The maximum absolute atomic E-state index is 13.1. The average molecular weight is 480 g/mol. The largest absolute Gasteiger partial charge is 0.467 e. The first-order chi connectivity index (χ1) is 16.1. The summed E-state index contributed by atoms with van der Waals surface area (Å²) >= 11 is 2.75. The molecule has 0 bridgehead atoms. The second-order valence-corrected chi connectivity index (χ2v) is 9.78. The molecule has 4 heterocycles. The van der Waals surface area contributed by atoms with Crippen LogP contribution in [0.1, 0.15) is 35.1 Å². The normalized spacial score (nSPS) is 15.6. The first kappa shape index (κ1) is 21.5. The summed E-state index contributed by atoms with van der Waals surface area (Å²) in [6.07, 6.45) is 3.72. The topological polar surface area (TPSA) is 96.8 Å². The highest BCUT2D eigenvalue weighted by Gasteiger charge is 2.35. The number of hydrogen-bond acceptors (Lipinski definition) is 9. The Bertz CT molecular complexity index is 1280. The Morgan fingerprint density at radius 2 is 2.00 bits per heavy atom. The van der Waals surface area contributed by atoms with Crippen molar-refractivity contribution in [1.29, 1.82) is 0 Å². The smallest absolute Gasteiger partial charge is 0.253 e. The van der Waals surface area contributed by atoms with Crippen molar-refractivity contribution in [2.75, 3.05) is 11.1 Å². The van der Waals surface area contributed by atoms with E-state index in [0.29, 0.717) is 27.4 Å². The number of thioether (sulfide) groups is 1. The molecule has 4 aromatic rings. The summed E-state index contributed by atoms with van der Waals surface area (Å²) in [6, 6.07) is 13.2. The molecular weight excluding hydrogens is 458 g/mol. The van der Waals surface area contributed by atoms with Crippen molar-refractivity contribution in [2.24, 2.45) is 5.10 Å². The first-order valence-electron chi connectivity index (χ1n) is 10.3. The molecule has 10 heteroatoms. The van der Waals surface area contributed by atoms with Crippen LogP contribution >= 0.6 is 23.1 Å². The molecule has 1 unspecified atom stereocenters. The van der Waals surface area contributed by atoms with Crippen molar-refractivity contribution in [3.8, 4) is 0 Å². The van der Waals surface area contributed by atoms with Gasteiger partial charge in [-0.2, -0.15) is 5.10 Å². The Labute approximate surface area is 198 Å². The van der Waals surface area contributed by atoms with Crippen LogP contribution in [0.2, 0.25) is 0 Å². The molecule has 1 aromatic carbocycles. The van der Waals surface area contributed by atoms with Crippen molar-refractivity contribution < 1.29 is 13.6 Å². The number of furan rings is 2. The molecule has 1 aliphatic rings. The highest BCUT2D eigenvalue weighted by Crippen LogP contribution is 2.35. The van der Waals surface area contributed by atoms with E-state index in [9.17, 15) is 4.79 Å². The fourth-order valence-corrected chi connectivity index (χ4v) is 5.11. The summed E-state index contributed by atoms with van der Waals surface area (Å²) in [5.74, 6) is 1.39. The lowest BCUT2D eigenvalue weighted by Gasteiger charge is -2.19. The number of hydrogen-bond donors (Lipinski definition) is 1. The number of carbonyl (C=O) groups excluding carboxylic acids is 1. The standard InChI is InChI=1S/C23H21N5O3S2/c1-14-7-8-16(11-15(14)2)24-22-25-26-23(33-22)32-13-21(29)28-18(20-6-4-10-31-20)12-17(27-28)19-5-3-9-30-19/h3-11,18H,12-13H2,1-2H3,(H,24,25). The third-order valence-corrected chi connectivity index (χ3v) is 7.28. The van der Waals surface area contributed by atoms with Crippen LogP contribution < -0.4 is 5.32 Å². The van der Waals surface area contributed by atoms with Crippen LogP contribution in [0, 0.1) is 13.8 Å². The maximum atomic E-state index is 13.1. The van der Waals surface area contributed by atoms with Crippen molar-refractivity contribution in [1.82, 2.24) is 15.2 Å². The molecule has 8 nitrogen and oxygen atoms in total. The van der Waals surface area contributed by atoms with Gasteiger partial charge >= 0.3 is 0 Å². The molecule has 0 spiro atoms. The molecule has 168 valence electrons. The van der Waals surface area contributed by atoms with E-state index in [-0.39, 0.29) is 17.7 Å². The van der Waals surface area contributed by atoms with Crippen molar-refractivity contribution >= 4 is 45.5 Å². The lowest BCUT2D eigenvalue weighted by molar-refractivity contribution is -0.130. The minimum atomic E-state index is -0.301. The highest BCUT2D eigenvalue weighted by molar-refractivity contribution is 8.01. The predicted octanol–water partition coefficient (Wildman–Crippen LogP) is 5.55. The predicted molar refractivity (Wildman–Crippen MR) is 128 cm³/mol. The lowest BCUT2D eigenvalue weighted by Crippen LogP contribution is -2.28. The summed E-state index contributed by atoms with van der Waals surface area (Å²) in [5.41, 5.74) is 4.12. The van der Waals surface area contributed by atoms with Crippen LogP contribution in [0.4, 0.5) is 10.8 Å². The number of amides is 1. The number of benzene rings is 1. The van der Waals surface area contributed by atoms with Gasteiger partial charge in [0.1, 0.15) is 23.3 Å². The molecule has 1 amide bonds. The molecule has 0 saturated carbocycles. The number of rotatable bonds is 7. The first-order valence-corrected chi connectivity index (χ1v) is 12.1. The summed E-state index contributed by atoms with van der Waals surface area (Å²) in [4.78, 5) is 13.1. The third-order valence-electron chi connectivity index (χ3n) is 5.33. The van der Waals surface area contributed by atoms with Crippen LogP contribution in [-0.2, 0) is 4.79 Å². The molecule has 0 saturated heterocycles. The fraction of sp³-hybridized carbons (Fsp3) is 0.217. The van der Waals surface area contributed by atoms with Crippen LogP contribution in [0.15, 0.2) is 73.3 Å². The van der Waals surface area contributed by atoms with E-state index in [0.717, 1.165) is 11.4 Å². The second-order valence-electron chi connectivity index (χ2n) is 7.58. The van der Waals surface area contributed by atoms with Crippen molar-refractivity contribution in [3.63, 3.8) is 0 Å². The third kappa shape index (κ3) is 4.71. The quantitative estimate of drug-likeness (QED) is 0.347. The van der Waals surface area contributed by atoms with Gasteiger partial charge in [0.2, 0.25) is 5.13 Å². The van der Waals surface area contributed by atoms with Gasteiger partial charge in [0.05, 0.1) is 18.3 Å². The molecule has 0 fully saturated rings. The number of nitrogens with zero attached hydrogens (tertiary/aromatic N) is 4. The van der Waals surface area contributed by atoms with Gasteiger partial charge in [0.25, 0.3) is 5.91 Å². The Balaban J connectivity index is 1.25. The lowest BCUT2D eigenvalue weighted by atomic mass is 10.1. The zero-order valence-electron chi connectivity index (χ0n) is 18.0. The van der Waals surface area contributed by atoms with Gasteiger partial charge in [-0.25, -0.2) is 5.01 Å². The Kier molecular flexibility index (Phi) is 6.01. The molecule has 33 heavy (non-hydrogen) atoms. The minimum absolute atomic E-state index is 0.137. The zero-order valence-corrected chi connectivity index (χ0v) is 19.7. The number of aromatic nitrogens is 2. The van der Waals surface area contributed by atoms with E-state index in [1.54, 1.807) is 18.6 Å². The van der Waals surface area contributed by atoms with Gasteiger partial charge in [-0.1, -0.05) is 29.2 Å². The molecule has 1 atom stereocenters. The molecule has 1 aliphatic heterocycles. The van der Waals surface area contributed by atoms with Gasteiger partial charge in [-0.05, 0) is 61.4 Å². The molecular formula is C23H21N5O3S2.